The predicted molar refractivity (Wildman–Crippen MR) is 114 cm³/mol. The van der Waals surface area contributed by atoms with Crippen molar-refractivity contribution in [1.29, 1.82) is 0 Å². The first-order valence-electron chi connectivity index (χ1n) is 9.73. The number of H-pyrrole nitrogens is 1. The molecule has 1 fully saturated rings. The molecular weight excluding hydrogens is 370 g/mol. The molecule has 6 heteroatoms. The zero-order chi connectivity index (χ0) is 19.5. The van der Waals surface area contributed by atoms with Gasteiger partial charge in [0.1, 0.15) is 0 Å². The smallest absolute Gasteiger partial charge is 0.252 e. The molecule has 1 saturated heterocycles. The van der Waals surface area contributed by atoms with Gasteiger partial charge in [0.25, 0.3) is 5.56 Å². The standard InChI is InChI=1S/C22H25N3O2S/c1-16-4-5-17-14-18(22(27)23-20(17)13-16)15-24-8-10-25(11-9-24)21(26)7-6-19-3-2-12-28-19/h2-5,12-14H,6-11,15H2,1H3,(H,23,27). The molecule has 0 spiro atoms. The third-order valence-corrected chi connectivity index (χ3v) is 6.30. The summed E-state index contributed by atoms with van der Waals surface area (Å²) in [5.41, 5.74) is 2.78. The summed E-state index contributed by atoms with van der Waals surface area (Å²) in [6.45, 7) is 5.71. The number of fused-ring (bicyclic) bond motifs is 1. The number of carbonyl (C=O) groups is 1. The number of nitrogens with one attached hydrogen (secondary N) is 1. The maximum absolute atomic E-state index is 12.4. The molecule has 1 amide bonds. The van der Waals surface area contributed by atoms with E-state index in [1.54, 1.807) is 11.3 Å². The van der Waals surface area contributed by atoms with E-state index in [4.69, 9.17) is 0 Å². The van der Waals surface area contributed by atoms with Gasteiger partial charge in [-0.15, -0.1) is 11.3 Å². The second-order valence-corrected chi connectivity index (χ2v) is 8.48. The number of aryl methyl sites for hydroxylation is 2. The van der Waals surface area contributed by atoms with Crippen molar-refractivity contribution >= 4 is 28.1 Å². The molecule has 0 atom stereocenters. The average molecular weight is 396 g/mol. The minimum absolute atomic E-state index is 0.0208. The van der Waals surface area contributed by atoms with Gasteiger partial charge in [0.2, 0.25) is 5.91 Å². The normalized spacial score (nSPS) is 15.2. The second-order valence-electron chi connectivity index (χ2n) is 7.45. The first-order chi connectivity index (χ1) is 13.6. The Morgan fingerprint density at radius 2 is 1.96 bits per heavy atom. The van der Waals surface area contributed by atoms with Gasteiger partial charge in [0.15, 0.2) is 0 Å². The Balaban J connectivity index is 1.33. The Bertz CT molecular complexity index is 1020. The number of rotatable bonds is 5. The number of aromatic amines is 1. The monoisotopic (exact) mass is 395 g/mol. The van der Waals surface area contributed by atoms with Gasteiger partial charge in [-0.1, -0.05) is 18.2 Å². The summed E-state index contributed by atoms with van der Waals surface area (Å²) < 4.78 is 0. The van der Waals surface area contributed by atoms with E-state index in [9.17, 15) is 9.59 Å². The molecule has 3 aromatic rings. The van der Waals surface area contributed by atoms with Crippen molar-refractivity contribution in [1.82, 2.24) is 14.8 Å². The molecule has 0 radical (unpaired) electrons. The van der Waals surface area contributed by atoms with E-state index in [0.29, 0.717) is 13.0 Å². The van der Waals surface area contributed by atoms with Gasteiger partial charge in [-0.3, -0.25) is 14.5 Å². The molecule has 5 nitrogen and oxygen atoms in total. The fraction of sp³-hybridized carbons (Fsp3) is 0.364. The Morgan fingerprint density at radius 1 is 1.14 bits per heavy atom. The van der Waals surface area contributed by atoms with E-state index in [-0.39, 0.29) is 11.5 Å². The summed E-state index contributed by atoms with van der Waals surface area (Å²) in [6.07, 6.45) is 1.40. The van der Waals surface area contributed by atoms with Gasteiger partial charge in [0.05, 0.1) is 0 Å². The fourth-order valence-electron chi connectivity index (χ4n) is 3.72. The number of thiophene rings is 1. The largest absolute Gasteiger partial charge is 0.340 e. The zero-order valence-electron chi connectivity index (χ0n) is 16.1. The number of amides is 1. The lowest BCUT2D eigenvalue weighted by molar-refractivity contribution is -0.132. The van der Waals surface area contributed by atoms with Crippen LogP contribution in [0.1, 0.15) is 22.4 Å². The van der Waals surface area contributed by atoms with Gasteiger partial charge >= 0.3 is 0 Å². The van der Waals surface area contributed by atoms with Crippen LogP contribution in [-0.4, -0.2) is 46.9 Å². The van der Waals surface area contributed by atoms with E-state index >= 15 is 0 Å². The van der Waals surface area contributed by atoms with E-state index in [1.807, 2.05) is 41.5 Å². The van der Waals surface area contributed by atoms with Crippen molar-refractivity contribution in [2.75, 3.05) is 26.2 Å². The lowest BCUT2D eigenvalue weighted by Crippen LogP contribution is -2.48. The number of hydrogen-bond donors (Lipinski definition) is 1. The van der Waals surface area contributed by atoms with Crippen molar-refractivity contribution in [3.63, 3.8) is 0 Å². The molecule has 4 rings (SSSR count). The third-order valence-electron chi connectivity index (χ3n) is 5.36. The van der Waals surface area contributed by atoms with Crippen LogP contribution >= 0.6 is 11.3 Å². The summed E-state index contributed by atoms with van der Waals surface area (Å²) >= 11 is 1.70. The maximum Gasteiger partial charge on any atom is 0.252 e. The number of benzene rings is 1. The molecule has 0 aliphatic carbocycles. The zero-order valence-corrected chi connectivity index (χ0v) is 16.9. The molecule has 0 unspecified atom stereocenters. The Morgan fingerprint density at radius 3 is 2.71 bits per heavy atom. The average Bonchev–Trinajstić information content (AvgIpc) is 3.21. The second kappa shape index (κ2) is 8.29. The highest BCUT2D eigenvalue weighted by atomic mass is 32.1. The van der Waals surface area contributed by atoms with Crippen molar-refractivity contribution in [2.45, 2.75) is 26.3 Å². The fourth-order valence-corrected chi connectivity index (χ4v) is 4.43. The van der Waals surface area contributed by atoms with Crippen LogP contribution in [0, 0.1) is 6.92 Å². The highest BCUT2D eigenvalue weighted by Crippen LogP contribution is 2.16. The van der Waals surface area contributed by atoms with Crippen LogP contribution < -0.4 is 5.56 Å². The summed E-state index contributed by atoms with van der Waals surface area (Å²) in [4.78, 5) is 33.4. The number of carbonyl (C=O) groups excluding carboxylic acids is 1. The lowest BCUT2D eigenvalue weighted by Gasteiger charge is -2.34. The van der Waals surface area contributed by atoms with Crippen LogP contribution in [-0.2, 0) is 17.8 Å². The van der Waals surface area contributed by atoms with E-state index in [1.165, 1.54) is 4.88 Å². The number of nitrogens with zero attached hydrogens (tertiary/aromatic N) is 2. The van der Waals surface area contributed by atoms with Gasteiger partial charge < -0.3 is 9.88 Å². The quantitative estimate of drug-likeness (QED) is 0.722. The SMILES string of the molecule is Cc1ccc2cc(CN3CCN(C(=O)CCc4cccs4)CC3)c(=O)[nH]c2c1. The van der Waals surface area contributed by atoms with Crippen LogP contribution in [0.25, 0.3) is 10.9 Å². The molecule has 0 saturated carbocycles. The summed E-state index contributed by atoms with van der Waals surface area (Å²) in [5, 5.41) is 3.11. The highest BCUT2D eigenvalue weighted by molar-refractivity contribution is 7.09. The lowest BCUT2D eigenvalue weighted by atomic mass is 10.1. The van der Waals surface area contributed by atoms with Crippen LogP contribution in [0.3, 0.4) is 0 Å². The van der Waals surface area contributed by atoms with Crippen molar-refractivity contribution in [2.24, 2.45) is 0 Å². The highest BCUT2D eigenvalue weighted by Gasteiger charge is 2.21. The molecule has 1 aliphatic heterocycles. The van der Waals surface area contributed by atoms with Gasteiger partial charge in [0, 0.05) is 55.1 Å². The molecular formula is C22H25N3O2S. The Hall–Kier alpha value is -2.44. The minimum Gasteiger partial charge on any atom is -0.340 e. The third kappa shape index (κ3) is 4.34. The summed E-state index contributed by atoms with van der Waals surface area (Å²) in [7, 11) is 0. The summed E-state index contributed by atoms with van der Waals surface area (Å²) in [6, 6.07) is 12.2. The number of hydrogen-bond acceptors (Lipinski definition) is 4. The van der Waals surface area contributed by atoms with Crippen molar-refractivity contribution in [3.05, 3.63) is 68.1 Å². The first-order valence-corrected chi connectivity index (χ1v) is 10.6. The molecule has 0 bridgehead atoms. The van der Waals surface area contributed by atoms with E-state index in [2.05, 4.69) is 22.0 Å². The minimum atomic E-state index is -0.0208. The van der Waals surface area contributed by atoms with Crippen LogP contribution in [0.4, 0.5) is 0 Å². The van der Waals surface area contributed by atoms with Crippen LogP contribution in [0.2, 0.25) is 0 Å². The number of piperazine rings is 1. The molecule has 1 aromatic carbocycles. The Labute approximate surface area is 168 Å². The molecule has 3 heterocycles. The first kappa shape index (κ1) is 18.9. The molecule has 28 heavy (non-hydrogen) atoms. The predicted octanol–water partition coefficient (Wildman–Crippen LogP) is 3.18. The maximum atomic E-state index is 12.4. The van der Waals surface area contributed by atoms with Gasteiger partial charge in [-0.25, -0.2) is 0 Å². The van der Waals surface area contributed by atoms with Crippen molar-refractivity contribution in [3.8, 4) is 0 Å². The number of aromatic nitrogens is 1. The molecule has 1 aliphatic rings. The van der Waals surface area contributed by atoms with Crippen LogP contribution in [0.5, 0.6) is 0 Å². The number of pyridine rings is 1. The molecule has 2 aromatic heterocycles. The van der Waals surface area contributed by atoms with E-state index in [0.717, 1.165) is 54.6 Å². The molecule has 1 N–H and O–H groups in total. The van der Waals surface area contributed by atoms with Crippen LogP contribution in [0.15, 0.2) is 46.6 Å². The Kier molecular flexibility index (Phi) is 5.59. The summed E-state index contributed by atoms with van der Waals surface area (Å²) in [5.74, 6) is 0.229. The van der Waals surface area contributed by atoms with Crippen molar-refractivity contribution < 1.29 is 4.79 Å². The topological polar surface area (TPSA) is 56.4 Å². The molecule has 146 valence electrons. The van der Waals surface area contributed by atoms with Gasteiger partial charge in [-0.2, -0.15) is 0 Å². The van der Waals surface area contributed by atoms with Gasteiger partial charge in [-0.05, 0) is 47.9 Å². The van der Waals surface area contributed by atoms with E-state index < -0.39 is 0 Å².